The first-order valence-corrected chi connectivity index (χ1v) is 31.1. The maximum Gasteiger partial charge on any atom is 0.322 e. The lowest BCUT2D eigenvalue weighted by atomic mass is 9.98. The summed E-state index contributed by atoms with van der Waals surface area (Å²) in [7, 11) is 0. The number of nitrogens with two attached hydrogens (primary N) is 2. The highest BCUT2D eigenvalue weighted by molar-refractivity contribution is 5.99. The van der Waals surface area contributed by atoms with E-state index >= 15 is 0 Å². The van der Waals surface area contributed by atoms with Gasteiger partial charge in [-0.25, -0.2) is 9.97 Å². The van der Waals surface area contributed by atoms with Crippen molar-refractivity contribution in [2.75, 3.05) is 45.8 Å². The molecule has 94 heavy (non-hydrogen) atoms. The van der Waals surface area contributed by atoms with Crippen LogP contribution in [-0.2, 0) is 84.8 Å². The van der Waals surface area contributed by atoms with E-state index in [1.54, 1.807) is 47.7 Å². The molecule has 1 aliphatic heterocycles. The summed E-state index contributed by atoms with van der Waals surface area (Å²) in [5, 5.41) is 47.8. The number of rotatable bonds is 42. The number of aromatic amines is 2. The summed E-state index contributed by atoms with van der Waals surface area (Å²) in [5.41, 5.74) is 12.5. The Kier molecular flexibility index (Phi) is 33.8. The Morgan fingerprint density at radius 3 is 1.61 bits per heavy atom. The van der Waals surface area contributed by atoms with Crippen LogP contribution in [0.4, 0.5) is 0 Å². The van der Waals surface area contributed by atoms with Crippen LogP contribution in [0.25, 0.3) is 0 Å². The second-order valence-electron chi connectivity index (χ2n) is 23.5. The molecule has 1 aliphatic rings. The van der Waals surface area contributed by atoms with Gasteiger partial charge in [-0.05, 0) is 76.2 Å². The molecule has 0 radical (unpaired) electrons. The fourth-order valence-corrected chi connectivity index (χ4v) is 9.60. The van der Waals surface area contributed by atoms with Crippen molar-refractivity contribution < 1.29 is 82.1 Å². The molecule has 3 rings (SSSR count). The number of imidazole rings is 2. The molecule has 20 N–H and O–H groups in total. The summed E-state index contributed by atoms with van der Waals surface area (Å²) >= 11 is 0. The van der Waals surface area contributed by atoms with Gasteiger partial charge >= 0.3 is 11.9 Å². The zero-order valence-corrected chi connectivity index (χ0v) is 54.0. The molecule has 0 bridgehead atoms. The third-order valence-electron chi connectivity index (χ3n) is 14.9. The molecule has 36 nitrogen and oxygen atoms in total. The number of aromatic nitrogens is 4. The van der Waals surface area contributed by atoms with Crippen LogP contribution in [0.1, 0.15) is 118 Å². The SMILES string of the molecule is CC[C@H](C)[C@H](NC(=O)CNC(=O)[C@@H](NC(=O)CNC(=O)[C@H](CC(C)C)NC(=O)[C@@H]1CCCN1C(=O)[C@H](Cc1c[nH]cn1)NC(=O)[C@H](CCC(=O)O)NC(=O)CNC(=O)[C@H](CCCCN)NC(=O)[C@@H](N)Cc1c[nH]cn1)C(C)C)C(=O)NCC(=O)N[C@@H](C)C(=O)NCC(=O)O. The summed E-state index contributed by atoms with van der Waals surface area (Å²) in [4.78, 5) is 212. The van der Waals surface area contributed by atoms with Gasteiger partial charge in [-0.15, -0.1) is 0 Å². The number of unbranched alkanes of at least 4 members (excludes halogenated alkanes) is 1. The molecule has 0 aromatic carbocycles. The lowest BCUT2D eigenvalue weighted by molar-refractivity contribution is -0.142. The van der Waals surface area contributed by atoms with Crippen molar-refractivity contribution in [2.24, 2.45) is 29.2 Å². The number of likely N-dealkylation sites (tertiary alicyclic amines) is 1. The molecule has 3 heterocycles. The van der Waals surface area contributed by atoms with E-state index in [1.165, 1.54) is 30.7 Å². The number of amides is 13. The molecule has 36 heteroatoms. The number of carboxylic acid groups (broad SMARTS) is 2. The number of H-pyrrole nitrogens is 2. The van der Waals surface area contributed by atoms with Gasteiger partial charge in [-0.3, -0.25) is 71.9 Å². The standard InChI is InChI=1S/C58H93N19O17/c1-8-32(6)49(57(93)66-23-42(78)70-33(7)50(86)67-27-47(84)85)76-45(81)26-65-56(92)48(31(4)5)75-44(80)25-64-53(89)39(18-30(2)3)73-55(91)41-13-11-17-77(41)58(94)40(20-35-22-62-29-69-35)74-54(90)38(14-15-46(82)83)71-43(79)24-63-52(88)37(12-9-10-16-59)72-51(87)36(60)19-34-21-61-28-68-34/h21-22,28-33,36-41,48-49H,8-20,23-27,59-60H2,1-7H3,(H,61,68)(H,62,69)(H,63,88)(H,64,89)(H,65,92)(H,66,93)(H,67,86)(H,70,78)(H,71,79)(H,72,87)(H,73,91)(H,74,90)(H,75,80)(H,76,81)(H,82,83)(H,84,85)/t32-,33-,36-,37-,38-,39-,40-,41-,48-,49-/m0/s1. The van der Waals surface area contributed by atoms with Gasteiger partial charge in [0.15, 0.2) is 0 Å². The molecule has 13 amide bonds. The van der Waals surface area contributed by atoms with Crippen molar-refractivity contribution in [3.8, 4) is 0 Å². The molecule has 0 spiro atoms. The summed E-state index contributed by atoms with van der Waals surface area (Å²) in [6, 6.07) is -11.3. The molecule has 10 atom stereocenters. The van der Waals surface area contributed by atoms with Crippen LogP contribution in [0.5, 0.6) is 0 Å². The first-order chi connectivity index (χ1) is 44.4. The zero-order valence-electron chi connectivity index (χ0n) is 54.0. The summed E-state index contributed by atoms with van der Waals surface area (Å²) in [5.74, 6) is -14.3. The highest BCUT2D eigenvalue weighted by atomic mass is 16.4. The third kappa shape index (κ3) is 28.1. The highest BCUT2D eigenvalue weighted by Gasteiger charge is 2.40. The van der Waals surface area contributed by atoms with Crippen molar-refractivity contribution in [3.05, 3.63) is 36.4 Å². The number of hydrogen-bond donors (Lipinski definition) is 18. The molecule has 2 aromatic heterocycles. The van der Waals surface area contributed by atoms with Gasteiger partial charge in [0.25, 0.3) is 0 Å². The average Bonchev–Trinajstić information content (AvgIpc) is 1.62. The minimum absolute atomic E-state index is 0.0191. The van der Waals surface area contributed by atoms with Crippen LogP contribution < -0.4 is 75.3 Å². The molecule has 1 saturated heterocycles. The number of nitrogens with one attached hydrogen (secondary N) is 14. The number of hydrogen-bond acceptors (Lipinski definition) is 19. The van der Waals surface area contributed by atoms with Crippen molar-refractivity contribution in [1.82, 2.24) is 88.6 Å². The normalized spacial score (nSPS) is 15.6. The van der Waals surface area contributed by atoms with Crippen molar-refractivity contribution in [2.45, 2.75) is 173 Å². The minimum atomic E-state index is -1.58. The van der Waals surface area contributed by atoms with Gasteiger partial charge in [0.1, 0.15) is 54.9 Å². The first kappa shape index (κ1) is 78.6. The van der Waals surface area contributed by atoms with E-state index in [0.717, 1.165) is 0 Å². The maximum atomic E-state index is 14.6. The Morgan fingerprint density at radius 1 is 0.564 bits per heavy atom. The molecular formula is C58H93N19O17. The van der Waals surface area contributed by atoms with Gasteiger partial charge in [-0.1, -0.05) is 48.0 Å². The van der Waals surface area contributed by atoms with E-state index in [4.69, 9.17) is 16.6 Å². The van der Waals surface area contributed by atoms with Crippen LogP contribution in [0.3, 0.4) is 0 Å². The molecule has 0 unspecified atom stereocenters. The quantitative estimate of drug-likeness (QED) is 0.0275. The molecule has 2 aromatic rings. The number of carbonyl (C=O) groups excluding carboxylic acids is 13. The Morgan fingerprint density at radius 2 is 1.07 bits per heavy atom. The van der Waals surface area contributed by atoms with Gasteiger partial charge in [0.05, 0.1) is 56.3 Å². The Hall–Kier alpha value is -9.61. The molecule has 522 valence electrons. The fraction of sp³-hybridized carbons (Fsp3) is 0.638. The lowest BCUT2D eigenvalue weighted by Crippen LogP contribution is -2.59. The smallest absolute Gasteiger partial charge is 0.322 e. The van der Waals surface area contributed by atoms with E-state index in [9.17, 15) is 77.0 Å². The number of carbonyl (C=O) groups is 15. The predicted molar refractivity (Wildman–Crippen MR) is 333 cm³/mol. The molecule has 0 saturated carbocycles. The van der Waals surface area contributed by atoms with Crippen LogP contribution >= 0.6 is 0 Å². The molecule has 0 aliphatic carbocycles. The van der Waals surface area contributed by atoms with Crippen LogP contribution in [-0.4, -0.2) is 224 Å². The van der Waals surface area contributed by atoms with Gasteiger partial charge in [0.2, 0.25) is 76.8 Å². The van der Waals surface area contributed by atoms with E-state index in [-0.39, 0.29) is 44.6 Å². The molecular weight excluding hydrogens is 1230 g/mol. The average molecular weight is 1330 g/mol. The Bertz CT molecular complexity index is 2910. The van der Waals surface area contributed by atoms with Crippen LogP contribution in [0, 0.1) is 17.8 Å². The van der Waals surface area contributed by atoms with E-state index in [2.05, 4.69) is 83.7 Å². The van der Waals surface area contributed by atoms with Gasteiger partial charge in [-0.2, -0.15) is 0 Å². The topological polar surface area (TPSA) is 554 Å². The van der Waals surface area contributed by atoms with Gasteiger partial charge in [0, 0.05) is 38.2 Å². The van der Waals surface area contributed by atoms with Crippen LogP contribution in [0.15, 0.2) is 25.0 Å². The van der Waals surface area contributed by atoms with E-state index in [1.807, 2.05) is 0 Å². The van der Waals surface area contributed by atoms with Crippen LogP contribution in [0.2, 0.25) is 0 Å². The Labute approximate surface area is 542 Å². The van der Waals surface area contributed by atoms with E-state index in [0.29, 0.717) is 43.6 Å². The van der Waals surface area contributed by atoms with E-state index < -0.39 is 201 Å². The fourth-order valence-electron chi connectivity index (χ4n) is 9.60. The highest BCUT2D eigenvalue weighted by Crippen LogP contribution is 2.21. The molecule has 1 fully saturated rings. The largest absolute Gasteiger partial charge is 0.481 e. The van der Waals surface area contributed by atoms with Gasteiger partial charge < -0.3 is 100 Å². The Balaban J connectivity index is 1.66. The van der Waals surface area contributed by atoms with Crippen molar-refractivity contribution in [3.63, 3.8) is 0 Å². The summed E-state index contributed by atoms with van der Waals surface area (Å²) in [6.07, 6.45) is 6.43. The maximum absolute atomic E-state index is 14.6. The number of aliphatic carboxylic acids is 2. The minimum Gasteiger partial charge on any atom is -0.481 e. The first-order valence-electron chi connectivity index (χ1n) is 31.1. The lowest BCUT2D eigenvalue weighted by Gasteiger charge is -2.30. The number of nitrogens with zero attached hydrogens (tertiary/aromatic N) is 3. The summed E-state index contributed by atoms with van der Waals surface area (Å²) in [6.45, 7) is 8.47. The summed E-state index contributed by atoms with van der Waals surface area (Å²) < 4.78 is 0. The zero-order chi connectivity index (χ0) is 70.2. The second-order valence-corrected chi connectivity index (χ2v) is 23.5. The second kappa shape index (κ2) is 40.4. The number of carboxylic acids is 2. The van der Waals surface area contributed by atoms with Crippen molar-refractivity contribution >= 4 is 88.7 Å². The predicted octanol–water partition coefficient (Wildman–Crippen LogP) is -5.94. The monoisotopic (exact) mass is 1330 g/mol. The van der Waals surface area contributed by atoms with Crippen molar-refractivity contribution in [1.29, 1.82) is 0 Å². The third-order valence-corrected chi connectivity index (χ3v) is 14.9.